The number of hydrogen-bond acceptors (Lipinski definition) is 2. The summed E-state index contributed by atoms with van der Waals surface area (Å²) < 4.78 is 0. The summed E-state index contributed by atoms with van der Waals surface area (Å²) in [5.41, 5.74) is 18.1. The number of aliphatic hydroxyl groups is 1. The number of rotatable bonds is 2. The molecule has 0 amide bonds. The van der Waals surface area contributed by atoms with Gasteiger partial charge in [-0.1, -0.05) is 12.1 Å². The zero-order valence-electron chi connectivity index (χ0n) is 9.01. The van der Waals surface area contributed by atoms with Gasteiger partial charge in [-0.05, 0) is 24.1 Å². The van der Waals surface area contributed by atoms with Gasteiger partial charge in [0.15, 0.2) is 5.96 Å². The normalized spacial score (nSPS) is 11.2. The van der Waals surface area contributed by atoms with Gasteiger partial charge in [0.2, 0.25) is 5.96 Å². The molecule has 0 aliphatic carbocycles. The Labute approximate surface area is 93.5 Å². The van der Waals surface area contributed by atoms with E-state index in [4.69, 9.17) is 22.3 Å². The van der Waals surface area contributed by atoms with Crippen molar-refractivity contribution in [2.75, 3.05) is 0 Å². The SMILES string of the molecule is Cc1c(CO)cccc1N=C(N)N=C(N)N. The highest BCUT2D eigenvalue weighted by Gasteiger charge is 2.02. The molecular weight excluding hydrogens is 206 g/mol. The van der Waals surface area contributed by atoms with Crippen LogP contribution in [-0.2, 0) is 6.61 Å². The van der Waals surface area contributed by atoms with Gasteiger partial charge in [-0.15, -0.1) is 0 Å². The smallest absolute Gasteiger partial charge is 0.223 e. The quantitative estimate of drug-likeness (QED) is 0.404. The summed E-state index contributed by atoms with van der Waals surface area (Å²) in [6.45, 7) is 1.80. The molecule has 0 heterocycles. The van der Waals surface area contributed by atoms with Crippen molar-refractivity contribution in [3.63, 3.8) is 0 Å². The van der Waals surface area contributed by atoms with Crippen molar-refractivity contribution < 1.29 is 5.11 Å². The number of nitrogens with two attached hydrogens (primary N) is 3. The molecule has 0 aliphatic heterocycles. The predicted molar refractivity (Wildman–Crippen MR) is 64.2 cm³/mol. The number of aliphatic hydroxyl groups excluding tert-OH is 1. The molecule has 1 rings (SSSR count). The second kappa shape index (κ2) is 5.13. The van der Waals surface area contributed by atoms with E-state index in [1.165, 1.54) is 0 Å². The highest BCUT2D eigenvalue weighted by molar-refractivity contribution is 5.93. The molecule has 0 bridgehead atoms. The molecule has 0 aromatic heterocycles. The van der Waals surface area contributed by atoms with Gasteiger partial charge < -0.3 is 22.3 Å². The van der Waals surface area contributed by atoms with Crippen LogP contribution in [0.25, 0.3) is 0 Å². The predicted octanol–water partition coefficient (Wildman–Crippen LogP) is -0.293. The number of hydrogen-bond donors (Lipinski definition) is 4. The minimum absolute atomic E-state index is 0.0156. The molecule has 6 heteroatoms. The van der Waals surface area contributed by atoms with Gasteiger partial charge in [-0.3, -0.25) is 0 Å². The van der Waals surface area contributed by atoms with Crippen molar-refractivity contribution >= 4 is 17.6 Å². The average Bonchev–Trinajstić information content (AvgIpc) is 2.20. The fourth-order valence-corrected chi connectivity index (χ4v) is 1.24. The van der Waals surface area contributed by atoms with E-state index in [-0.39, 0.29) is 18.5 Å². The molecule has 0 fully saturated rings. The maximum absolute atomic E-state index is 9.08. The van der Waals surface area contributed by atoms with Crippen LogP contribution in [0.15, 0.2) is 28.2 Å². The maximum Gasteiger partial charge on any atom is 0.223 e. The monoisotopic (exact) mass is 221 g/mol. The number of guanidine groups is 2. The first kappa shape index (κ1) is 12.0. The average molecular weight is 221 g/mol. The van der Waals surface area contributed by atoms with Crippen LogP contribution in [0.4, 0.5) is 5.69 Å². The van der Waals surface area contributed by atoms with E-state index in [0.29, 0.717) is 5.69 Å². The Morgan fingerprint density at radius 3 is 2.56 bits per heavy atom. The molecule has 0 aliphatic rings. The first-order chi connectivity index (χ1) is 7.54. The standard InChI is InChI=1S/C10H15N5O/c1-6-7(5-16)3-2-4-8(6)14-10(13)15-9(11)12/h2-4,16H,5H2,1H3,(H6,11,12,13,14,15). The van der Waals surface area contributed by atoms with Crippen LogP contribution >= 0.6 is 0 Å². The third kappa shape index (κ3) is 2.96. The minimum Gasteiger partial charge on any atom is -0.392 e. The molecule has 0 saturated carbocycles. The van der Waals surface area contributed by atoms with E-state index in [9.17, 15) is 0 Å². The fraction of sp³-hybridized carbons (Fsp3) is 0.200. The van der Waals surface area contributed by atoms with Gasteiger partial charge in [0, 0.05) is 0 Å². The summed E-state index contributed by atoms with van der Waals surface area (Å²) in [6.07, 6.45) is 0. The van der Waals surface area contributed by atoms with Crippen molar-refractivity contribution in [3.05, 3.63) is 29.3 Å². The van der Waals surface area contributed by atoms with Gasteiger partial charge in [-0.25, -0.2) is 4.99 Å². The van der Waals surface area contributed by atoms with Crippen LogP contribution in [0, 0.1) is 6.92 Å². The number of aliphatic imine (C=N–C) groups is 2. The lowest BCUT2D eigenvalue weighted by atomic mass is 10.1. The van der Waals surface area contributed by atoms with Gasteiger partial charge in [-0.2, -0.15) is 4.99 Å². The second-order valence-corrected chi connectivity index (χ2v) is 3.23. The van der Waals surface area contributed by atoms with E-state index < -0.39 is 0 Å². The molecule has 16 heavy (non-hydrogen) atoms. The van der Waals surface area contributed by atoms with Gasteiger partial charge >= 0.3 is 0 Å². The van der Waals surface area contributed by atoms with Crippen LogP contribution < -0.4 is 17.2 Å². The second-order valence-electron chi connectivity index (χ2n) is 3.23. The Morgan fingerprint density at radius 2 is 2.00 bits per heavy atom. The Morgan fingerprint density at radius 1 is 1.31 bits per heavy atom. The van der Waals surface area contributed by atoms with Crippen LogP contribution in [0.2, 0.25) is 0 Å². The molecule has 0 atom stereocenters. The lowest BCUT2D eigenvalue weighted by Crippen LogP contribution is -2.26. The summed E-state index contributed by atoms with van der Waals surface area (Å²) in [4.78, 5) is 7.65. The first-order valence-corrected chi connectivity index (χ1v) is 4.67. The summed E-state index contributed by atoms with van der Waals surface area (Å²) in [6, 6.07) is 5.36. The topological polar surface area (TPSA) is 123 Å². The van der Waals surface area contributed by atoms with Crippen LogP contribution in [-0.4, -0.2) is 17.0 Å². The minimum atomic E-state index is -0.141. The highest BCUT2D eigenvalue weighted by atomic mass is 16.3. The number of benzene rings is 1. The third-order valence-electron chi connectivity index (χ3n) is 2.07. The molecule has 86 valence electrons. The molecule has 1 aromatic carbocycles. The summed E-state index contributed by atoms with van der Waals surface area (Å²) in [7, 11) is 0. The Bertz CT molecular complexity index is 435. The molecule has 6 nitrogen and oxygen atoms in total. The fourth-order valence-electron chi connectivity index (χ4n) is 1.24. The van der Waals surface area contributed by atoms with Crippen molar-refractivity contribution in [2.45, 2.75) is 13.5 Å². The summed E-state index contributed by atoms with van der Waals surface area (Å²) >= 11 is 0. The zero-order valence-corrected chi connectivity index (χ0v) is 9.01. The molecule has 0 unspecified atom stereocenters. The van der Waals surface area contributed by atoms with Gasteiger partial charge in [0.05, 0.1) is 12.3 Å². The first-order valence-electron chi connectivity index (χ1n) is 4.67. The molecular formula is C10H15N5O. The van der Waals surface area contributed by atoms with Crippen molar-refractivity contribution in [1.29, 1.82) is 0 Å². The summed E-state index contributed by atoms with van der Waals surface area (Å²) in [5.74, 6) is -0.157. The lowest BCUT2D eigenvalue weighted by Gasteiger charge is -2.05. The third-order valence-corrected chi connectivity index (χ3v) is 2.07. The van der Waals surface area contributed by atoms with Crippen molar-refractivity contribution in [3.8, 4) is 0 Å². The molecule has 0 saturated heterocycles. The Hall–Kier alpha value is -2.08. The Kier molecular flexibility index (Phi) is 3.84. The molecule has 0 spiro atoms. The highest BCUT2D eigenvalue weighted by Crippen LogP contribution is 2.21. The summed E-state index contributed by atoms with van der Waals surface area (Å²) in [5, 5.41) is 9.08. The zero-order chi connectivity index (χ0) is 12.1. The molecule has 0 radical (unpaired) electrons. The Balaban J connectivity index is 3.11. The van der Waals surface area contributed by atoms with Crippen LogP contribution in [0.5, 0.6) is 0 Å². The lowest BCUT2D eigenvalue weighted by molar-refractivity contribution is 0.281. The van der Waals surface area contributed by atoms with E-state index in [2.05, 4.69) is 9.98 Å². The van der Waals surface area contributed by atoms with Gasteiger partial charge in [0.25, 0.3) is 0 Å². The van der Waals surface area contributed by atoms with Gasteiger partial charge in [0.1, 0.15) is 0 Å². The van der Waals surface area contributed by atoms with E-state index in [0.717, 1.165) is 11.1 Å². The number of nitrogens with zero attached hydrogens (tertiary/aromatic N) is 2. The van der Waals surface area contributed by atoms with Crippen LogP contribution in [0.3, 0.4) is 0 Å². The van der Waals surface area contributed by atoms with Crippen molar-refractivity contribution in [1.82, 2.24) is 0 Å². The largest absolute Gasteiger partial charge is 0.392 e. The molecule has 1 aromatic rings. The van der Waals surface area contributed by atoms with Crippen molar-refractivity contribution in [2.24, 2.45) is 27.2 Å². The van der Waals surface area contributed by atoms with E-state index in [1.807, 2.05) is 13.0 Å². The molecule has 7 N–H and O–H groups in total. The maximum atomic E-state index is 9.08. The van der Waals surface area contributed by atoms with E-state index in [1.54, 1.807) is 12.1 Å². The van der Waals surface area contributed by atoms with E-state index >= 15 is 0 Å². The van der Waals surface area contributed by atoms with Crippen LogP contribution in [0.1, 0.15) is 11.1 Å².